The maximum Gasteiger partial charge on any atom is 0.128 e. The zero-order valence-electron chi connectivity index (χ0n) is 44.2. The number of hydrogen-bond acceptors (Lipinski definition) is 6. The first-order valence-electron chi connectivity index (χ1n) is 28.7. The third-order valence-corrected chi connectivity index (χ3v) is 13.9. The van der Waals surface area contributed by atoms with Crippen molar-refractivity contribution >= 4 is 12.4 Å². The summed E-state index contributed by atoms with van der Waals surface area (Å²) in [6.45, 7) is 5.86. The van der Waals surface area contributed by atoms with Gasteiger partial charge in [0.25, 0.3) is 0 Å². The number of nitrogens with zero attached hydrogens (tertiary/aromatic N) is 2. The topological polar surface area (TPSA) is 83.6 Å². The summed E-state index contributed by atoms with van der Waals surface area (Å²) < 4.78 is 12.1. The molecule has 4 rings (SSSR count). The van der Waals surface area contributed by atoms with Gasteiger partial charge in [-0.25, -0.2) is 0 Å². The van der Waals surface area contributed by atoms with E-state index in [4.69, 9.17) is 19.5 Å². The normalized spacial score (nSPS) is 12.5. The lowest BCUT2D eigenvalue weighted by Crippen LogP contribution is -2.09. The third-order valence-electron chi connectivity index (χ3n) is 13.9. The van der Waals surface area contributed by atoms with Crippen molar-refractivity contribution in [2.24, 2.45) is 9.98 Å². The Balaban J connectivity index is 1.19. The van der Waals surface area contributed by atoms with Gasteiger partial charge in [-0.05, 0) is 48.2 Å². The zero-order valence-corrected chi connectivity index (χ0v) is 44.2. The second-order valence-electron chi connectivity index (χ2n) is 20.0. The maximum atomic E-state index is 11.1. The molecule has 386 valence electrons. The summed E-state index contributed by atoms with van der Waals surface area (Å²) >= 11 is 0. The van der Waals surface area contributed by atoms with Crippen molar-refractivity contribution < 1.29 is 19.7 Å². The van der Waals surface area contributed by atoms with Gasteiger partial charge >= 0.3 is 0 Å². The van der Waals surface area contributed by atoms with Crippen LogP contribution >= 0.6 is 0 Å². The molecule has 0 heterocycles. The Morgan fingerprint density at radius 1 is 0.357 bits per heavy atom. The lowest BCUT2D eigenvalue weighted by Gasteiger charge is -2.22. The molecule has 0 spiro atoms. The van der Waals surface area contributed by atoms with Crippen LogP contribution in [0.15, 0.2) is 107 Å². The molecule has 0 aromatic heterocycles. The molecule has 0 amide bonds. The monoisotopic (exact) mass is 957 g/mol. The van der Waals surface area contributed by atoms with Crippen LogP contribution in [0.4, 0.5) is 0 Å². The van der Waals surface area contributed by atoms with E-state index in [1.54, 1.807) is 24.6 Å². The van der Waals surface area contributed by atoms with E-state index < -0.39 is 12.1 Å². The van der Waals surface area contributed by atoms with Gasteiger partial charge in [-0.15, -0.1) is 0 Å². The molecular weight excluding hydrogens is 861 g/mol. The summed E-state index contributed by atoms with van der Waals surface area (Å²) in [6, 6.07) is 30.4. The highest BCUT2D eigenvalue weighted by atomic mass is 16.5. The molecule has 0 saturated carbocycles. The molecule has 0 fully saturated rings. The number of ether oxygens (including phenoxy) is 2. The summed E-state index contributed by atoms with van der Waals surface area (Å²) in [5.74, 6) is 1.58. The Hall–Kier alpha value is -4.58. The van der Waals surface area contributed by atoms with Crippen molar-refractivity contribution in [1.82, 2.24) is 0 Å². The van der Waals surface area contributed by atoms with Gasteiger partial charge in [0.15, 0.2) is 0 Å². The van der Waals surface area contributed by atoms with E-state index in [2.05, 4.69) is 38.1 Å². The highest BCUT2D eigenvalue weighted by Crippen LogP contribution is 2.37. The summed E-state index contributed by atoms with van der Waals surface area (Å²) in [5, 5.41) is 22.2. The number of aromatic hydroxyl groups is 2. The first kappa shape index (κ1) is 58.0. The van der Waals surface area contributed by atoms with Gasteiger partial charge in [0, 0.05) is 35.7 Å². The number of phenols is 2. The van der Waals surface area contributed by atoms with Gasteiger partial charge in [0.2, 0.25) is 0 Å². The smallest absolute Gasteiger partial charge is 0.128 e. The minimum atomic E-state index is -0.408. The standard InChI is InChI=1S/C64H96N2O4/c1-3-5-7-9-11-13-15-17-19-21-23-25-27-29-31-39-49-69-59-47-45-57(61(67)51-59)53-65-63(55-41-35-33-36-42-55)64(56-43-37-34-38-44-56)66-54-58-46-48-60(52-62(58)68)70-50-40-32-30-28-26-24-22-20-18-16-14-12-10-8-6-4-2/h33-38,41-48,51-54,63-64,67-68H,3-32,39-40,49-50H2,1-2H3. The average Bonchev–Trinajstić information content (AvgIpc) is 3.38. The molecule has 6 nitrogen and oxygen atoms in total. The Morgan fingerprint density at radius 3 is 0.900 bits per heavy atom. The number of phenolic OH excluding ortho intramolecular Hbond substituents is 2. The Morgan fingerprint density at radius 2 is 0.629 bits per heavy atom. The molecule has 0 aliphatic rings. The molecule has 6 heteroatoms. The molecule has 2 unspecified atom stereocenters. The van der Waals surface area contributed by atoms with Crippen molar-refractivity contribution in [3.63, 3.8) is 0 Å². The van der Waals surface area contributed by atoms with Gasteiger partial charge < -0.3 is 19.7 Å². The number of rotatable bonds is 43. The largest absolute Gasteiger partial charge is 0.507 e. The molecule has 0 bridgehead atoms. The Bertz CT molecular complexity index is 1770. The molecule has 70 heavy (non-hydrogen) atoms. The number of benzene rings is 4. The van der Waals surface area contributed by atoms with E-state index in [-0.39, 0.29) is 11.5 Å². The van der Waals surface area contributed by atoms with Crippen LogP contribution in [0.25, 0.3) is 0 Å². The average molecular weight is 957 g/mol. The highest BCUT2D eigenvalue weighted by molar-refractivity contribution is 5.85. The van der Waals surface area contributed by atoms with Crippen molar-refractivity contribution in [1.29, 1.82) is 0 Å². The van der Waals surface area contributed by atoms with Crippen LogP contribution in [0.3, 0.4) is 0 Å². The molecule has 0 aliphatic carbocycles. The Kier molecular flexibility index (Phi) is 32.4. The third kappa shape index (κ3) is 26.0. The Labute approximate surface area is 427 Å². The number of hydrogen-bond donors (Lipinski definition) is 2. The molecule has 4 aromatic carbocycles. The fourth-order valence-electron chi connectivity index (χ4n) is 9.45. The molecule has 4 aromatic rings. The lowest BCUT2D eigenvalue weighted by molar-refractivity contribution is 0.302. The van der Waals surface area contributed by atoms with E-state index in [9.17, 15) is 10.2 Å². The van der Waals surface area contributed by atoms with E-state index in [0.717, 1.165) is 24.0 Å². The fraction of sp³-hybridized carbons (Fsp3) is 0.594. The summed E-state index contributed by atoms with van der Waals surface area (Å²) in [6.07, 6.45) is 46.4. The van der Waals surface area contributed by atoms with E-state index in [1.165, 1.54) is 193 Å². The van der Waals surface area contributed by atoms with Gasteiger partial charge in [-0.2, -0.15) is 0 Å². The van der Waals surface area contributed by atoms with Crippen molar-refractivity contribution in [3.8, 4) is 23.0 Å². The van der Waals surface area contributed by atoms with Gasteiger partial charge in [-0.3, -0.25) is 9.98 Å². The minimum Gasteiger partial charge on any atom is -0.507 e. The summed E-state index contributed by atoms with van der Waals surface area (Å²) in [4.78, 5) is 10.2. The molecular formula is C64H96N2O4. The van der Waals surface area contributed by atoms with Crippen LogP contribution in [0.2, 0.25) is 0 Å². The molecule has 2 N–H and O–H groups in total. The maximum absolute atomic E-state index is 11.1. The fourth-order valence-corrected chi connectivity index (χ4v) is 9.45. The predicted molar refractivity (Wildman–Crippen MR) is 300 cm³/mol. The summed E-state index contributed by atoms with van der Waals surface area (Å²) in [5.41, 5.74) is 3.20. The van der Waals surface area contributed by atoms with Crippen LogP contribution in [-0.4, -0.2) is 35.9 Å². The zero-order chi connectivity index (χ0) is 49.4. The predicted octanol–water partition coefficient (Wildman–Crippen LogP) is 19.4. The van der Waals surface area contributed by atoms with Crippen LogP contribution < -0.4 is 9.47 Å². The van der Waals surface area contributed by atoms with Crippen molar-refractivity contribution in [3.05, 3.63) is 119 Å². The van der Waals surface area contributed by atoms with Crippen LogP contribution in [-0.2, 0) is 0 Å². The van der Waals surface area contributed by atoms with Gasteiger partial charge in [0.05, 0.1) is 13.2 Å². The molecule has 0 radical (unpaired) electrons. The van der Waals surface area contributed by atoms with Crippen molar-refractivity contribution in [2.75, 3.05) is 13.2 Å². The lowest BCUT2D eigenvalue weighted by atomic mass is 9.94. The SMILES string of the molecule is CCCCCCCCCCCCCCCCCCOc1ccc(C=NC(c2ccccc2)C(N=Cc2ccc(OCCCCCCCCCCCCCCCCCC)cc2O)c2ccccc2)c(O)c1. The molecule has 0 saturated heterocycles. The first-order valence-corrected chi connectivity index (χ1v) is 28.7. The molecule has 0 aliphatic heterocycles. The second-order valence-corrected chi connectivity index (χ2v) is 20.0. The van der Waals surface area contributed by atoms with Crippen molar-refractivity contribution in [2.45, 2.75) is 231 Å². The van der Waals surface area contributed by atoms with Crippen LogP contribution in [0, 0.1) is 0 Å². The summed E-state index contributed by atoms with van der Waals surface area (Å²) in [7, 11) is 0. The number of aliphatic imine (C=N–C) groups is 2. The second kappa shape index (κ2) is 39.1. The van der Waals surface area contributed by atoms with Gasteiger partial charge in [-0.1, -0.05) is 267 Å². The highest BCUT2D eigenvalue weighted by Gasteiger charge is 2.24. The van der Waals surface area contributed by atoms with E-state index >= 15 is 0 Å². The van der Waals surface area contributed by atoms with Crippen LogP contribution in [0.5, 0.6) is 23.0 Å². The quantitative estimate of drug-likeness (QED) is 0.0342. The minimum absolute atomic E-state index is 0.127. The van der Waals surface area contributed by atoms with Gasteiger partial charge in [0.1, 0.15) is 35.1 Å². The number of unbranched alkanes of at least 4 members (excludes halogenated alkanes) is 30. The molecule has 2 atom stereocenters. The first-order chi connectivity index (χ1) is 34.6. The van der Waals surface area contributed by atoms with E-state index in [1.807, 2.05) is 60.7 Å². The van der Waals surface area contributed by atoms with E-state index in [0.29, 0.717) is 35.8 Å². The van der Waals surface area contributed by atoms with Crippen LogP contribution in [0.1, 0.15) is 254 Å².